The van der Waals surface area contributed by atoms with E-state index < -0.39 is 0 Å². The van der Waals surface area contributed by atoms with Crippen molar-refractivity contribution in [3.8, 4) is 0 Å². The van der Waals surface area contributed by atoms with Gasteiger partial charge in [-0.2, -0.15) is 0 Å². The van der Waals surface area contributed by atoms with Crippen molar-refractivity contribution in [2.45, 2.75) is 23.5 Å². The monoisotopic (exact) mass is 313 g/mol. The predicted molar refractivity (Wildman–Crippen MR) is 75.8 cm³/mol. The highest BCUT2D eigenvalue weighted by molar-refractivity contribution is 9.09. The third kappa shape index (κ3) is 2.86. The standard InChI is InChI=1S/C13H16BrNOS/c1-2-15(8-7-14)13(16)12-9-10-5-3-4-6-11(10)17-12/h3-6,12H,2,7-9H2,1H3. The van der Waals surface area contributed by atoms with E-state index >= 15 is 0 Å². The molecular formula is C13H16BrNOS. The lowest BCUT2D eigenvalue weighted by Crippen LogP contribution is -2.38. The zero-order valence-electron chi connectivity index (χ0n) is 9.86. The molecule has 17 heavy (non-hydrogen) atoms. The summed E-state index contributed by atoms with van der Waals surface area (Å²) >= 11 is 5.10. The van der Waals surface area contributed by atoms with Crippen LogP contribution in [0.15, 0.2) is 29.2 Å². The minimum absolute atomic E-state index is 0.0754. The van der Waals surface area contributed by atoms with Crippen LogP contribution in [0.4, 0.5) is 0 Å². The molecule has 0 saturated carbocycles. The average molecular weight is 314 g/mol. The number of halogens is 1. The summed E-state index contributed by atoms with van der Waals surface area (Å²) < 4.78 is 0. The van der Waals surface area contributed by atoms with E-state index in [2.05, 4.69) is 28.1 Å². The van der Waals surface area contributed by atoms with Gasteiger partial charge in [0.15, 0.2) is 0 Å². The normalized spacial score (nSPS) is 17.9. The number of thioether (sulfide) groups is 1. The molecule has 4 heteroatoms. The lowest BCUT2D eigenvalue weighted by atomic mass is 10.1. The Hall–Kier alpha value is -0.480. The van der Waals surface area contributed by atoms with Crippen LogP contribution >= 0.6 is 27.7 Å². The Morgan fingerprint density at radius 1 is 1.53 bits per heavy atom. The van der Waals surface area contributed by atoms with Crippen molar-refractivity contribution in [3.63, 3.8) is 0 Å². The molecule has 1 heterocycles. The minimum atomic E-state index is 0.0754. The molecule has 0 spiro atoms. The molecule has 1 aliphatic rings. The van der Waals surface area contributed by atoms with Crippen LogP contribution in [0.5, 0.6) is 0 Å². The molecule has 0 bridgehead atoms. The smallest absolute Gasteiger partial charge is 0.236 e. The molecule has 0 N–H and O–H groups in total. The number of hydrogen-bond acceptors (Lipinski definition) is 2. The highest BCUT2D eigenvalue weighted by Gasteiger charge is 2.30. The van der Waals surface area contributed by atoms with E-state index in [0.717, 1.165) is 24.8 Å². The van der Waals surface area contributed by atoms with Crippen LogP contribution in [-0.2, 0) is 11.2 Å². The Kier molecular flexibility index (Phi) is 4.51. The Bertz CT molecular complexity index is 385. The lowest BCUT2D eigenvalue weighted by molar-refractivity contribution is -0.130. The van der Waals surface area contributed by atoms with Crippen LogP contribution in [-0.4, -0.2) is 34.5 Å². The van der Waals surface area contributed by atoms with Gasteiger partial charge in [-0.1, -0.05) is 34.1 Å². The molecule has 2 rings (SSSR count). The van der Waals surface area contributed by atoms with Gasteiger partial charge in [-0.05, 0) is 25.0 Å². The Labute approximate surface area is 115 Å². The van der Waals surface area contributed by atoms with Crippen molar-refractivity contribution < 1.29 is 4.79 Å². The Morgan fingerprint density at radius 2 is 2.29 bits per heavy atom. The number of benzene rings is 1. The van der Waals surface area contributed by atoms with E-state index in [1.807, 2.05) is 24.0 Å². The fraction of sp³-hybridized carbons (Fsp3) is 0.462. The van der Waals surface area contributed by atoms with Crippen LogP contribution in [0, 0.1) is 0 Å². The second kappa shape index (κ2) is 5.91. The fourth-order valence-electron chi connectivity index (χ4n) is 2.05. The largest absolute Gasteiger partial charge is 0.341 e. The van der Waals surface area contributed by atoms with Crippen LogP contribution in [0.2, 0.25) is 0 Å². The van der Waals surface area contributed by atoms with Gasteiger partial charge in [0.1, 0.15) is 0 Å². The summed E-state index contributed by atoms with van der Waals surface area (Å²) in [5.41, 5.74) is 1.31. The Balaban J connectivity index is 2.04. The minimum Gasteiger partial charge on any atom is -0.341 e. The molecule has 2 nitrogen and oxygen atoms in total. The Morgan fingerprint density at radius 3 is 2.94 bits per heavy atom. The molecule has 1 amide bonds. The van der Waals surface area contributed by atoms with Gasteiger partial charge in [0.2, 0.25) is 5.91 Å². The van der Waals surface area contributed by atoms with Crippen molar-refractivity contribution in [1.82, 2.24) is 4.90 Å². The van der Waals surface area contributed by atoms with Crippen molar-refractivity contribution in [1.29, 1.82) is 0 Å². The average Bonchev–Trinajstić information content (AvgIpc) is 2.78. The van der Waals surface area contributed by atoms with Gasteiger partial charge >= 0.3 is 0 Å². The first kappa shape index (κ1) is 13.0. The van der Waals surface area contributed by atoms with Crippen molar-refractivity contribution >= 4 is 33.6 Å². The maximum Gasteiger partial charge on any atom is 0.236 e. The first-order chi connectivity index (χ1) is 8.26. The van der Waals surface area contributed by atoms with Crippen molar-refractivity contribution in [2.75, 3.05) is 18.4 Å². The summed E-state index contributed by atoms with van der Waals surface area (Å²) in [5.74, 6) is 0.271. The van der Waals surface area contributed by atoms with E-state index in [0.29, 0.717) is 0 Å². The summed E-state index contributed by atoms with van der Waals surface area (Å²) in [7, 11) is 0. The van der Waals surface area contributed by atoms with Crippen molar-refractivity contribution in [3.05, 3.63) is 29.8 Å². The van der Waals surface area contributed by atoms with Crippen molar-refractivity contribution in [2.24, 2.45) is 0 Å². The van der Waals surface area contributed by atoms with Gasteiger partial charge < -0.3 is 4.90 Å². The van der Waals surface area contributed by atoms with E-state index in [9.17, 15) is 4.79 Å². The van der Waals surface area contributed by atoms with Gasteiger partial charge in [0, 0.05) is 23.3 Å². The first-order valence-corrected chi connectivity index (χ1v) is 7.85. The molecule has 1 aromatic rings. The highest BCUT2D eigenvalue weighted by atomic mass is 79.9. The maximum atomic E-state index is 12.3. The number of carbonyl (C=O) groups excluding carboxylic acids is 1. The van der Waals surface area contributed by atoms with E-state index in [1.54, 1.807) is 11.8 Å². The molecule has 1 aromatic carbocycles. The topological polar surface area (TPSA) is 20.3 Å². The quantitative estimate of drug-likeness (QED) is 0.797. The second-order valence-electron chi connectivity index (χ2n) is 4.03. The highest BCUT2D eigenvalue weighted by Crippen LogP contribution is 2.37. The molecule has 0 aromatic heterocycles. The van der Waals surface area contributed by atoms with Crippen LogP contribution in [0.25, 0.3) is 0 Å². The number of carbonyl (C=O) groups is 1. The summed E-state index contributed by atoms with van der Waals surface area (Å²) in [4.78, 5) is 15.5. The summed E-state index contributed by atoms with van der Waals surface area (Å²) in [6.45, 7) is 3.62. The molecule has 0 radical (unpaired) electrons. The first-order valence-electron chi connectivity index (χ1n) is 5.85. The SMILES string of the molecule is CCN(CCBr)C(=O)C1Cc2ccccc2S1. The number of amides is 1. The number of alkyl halides is 1. The fourth-order valence-corrected chi connectivity index (χ4v) is 3.76. The number of hydrogen-bond donors (Lipinski definition) is 0. The third-order valence-electron chi connectivity index (χ3n) is 2.97. The van der Waals surface area contributed by atoms with E-state index in [4.69, 9.17) is 0 Å². The van der Waals surface area contributed by atoms with Crippen LogP contribution in [0.3, 0.4) is 0 Å². The van der Waals surface area contributed by atoms with Crippen LogP contribution < -0.4 is 0 Å². The molecule has 1 atom stereocenters. The number of nitrogens with zero attached hydrogens (tertiary/aromatic N) is 1. The van der Waals surface area contributed by atoms with Gasteiger partial charge in [-0.25, -0.2) is 0 Å². The summed E-state index contributed by atoms with van der Waals surface area (Å²) in [6.07, 6.45) is 0.873. The summed E-state index contributed by atoms with van der Waals surface area (Å²) in [6, 6.07) is 8.31. The second-order valence-corrected chi connectivity index (χ2v) is 6.06. The third-order valence-corrected chi connectivity index (χ3v) is 4.63. The van der Waals surface area contributed by atoms with Gasteiger partial charge in [-0.15, -0.1) is 11.8 Å². The summed E-state index contributed by atoms with van der Waals surface area (Å²) in [5, 5.41) is 0.920. The molecule has 92 valence electrons. The molecule has 0 saturated heterocycles. The molecule has 0 aliphatic carbocycles. The van der Waals surface area contributed by atoms with E-state index in [1.165, 1.54) is 10.5 Å². The van der Waals surface area contributed by atoms with Gasteiger partial charge in [-0.3, -0.25) is 4.79 Å². The lowest BCUT2D eigenvalue weighted by Gasteiger charge is -2.22. The molecule has 1 unspecified atom stereocenters. The molecule has 0 fully saturated rings. The zero-order chi connectivity index (χ0) is 12.3. The molecule has 1 aliphatic heterocycles. The van der Waals surface area contributed by atoms with Gasteiger partial charge in [0.25, 0.3) is 0 Å². The van der Waals surface area contributed by atoms with E-state index in [-0.39, 0.29) is 11.2 Å². The van der Waals surface area contributed by atoms with Gasteiger partial charge in [0.05, 0.1) is 5.25 Å². The van der Waals surface area contributed by atoms with Crippen LogP contribution in [0.1, 0.15) is 12.5 Å². The molecular weight excluding hydrogens is 298 g/mol. The predicted octanol–water partition coefficient (Wildman–Crippen LogP) is 2.95. The number of rotatable bonds is 4. The maximum absolute atomic E-state index is 12.3. The number of fused-ring (bicyclic) bond motifs is 1. The zero-order valence-corrected chi connectivity index (χ0v) is 12.3.